The molecule has 1 saturated carbocycles. The lowest BCUT2D eigenvalue weighted by molar-refractivity contribution is -0.266. The highest BCUT2D eigenvalue weighted by atomic mass is 31.2. The molecule has 119 heavy (non-hydrogen) atoms. The zero-order valence-corrected chi connectivity index (χ0v) is 77.1. The number of aliphatic hydroxyl groups excluding tert-OH is 5. The summed E-state index contributed by atoms with van der Waals surface area (Å²) in [4.78, 5) is 107. The molecule has 1 heterocycles. The largest absolute Gasteiger partial charge is 0.469 e. The van der Waals surface area contributed by atoms with Crippen LogP contribution in [0, 0.1) is 5.92 Å². The van der Waals surface area contributed by atoms with Crippen molar-refractivity contribution in [2.45, 2.75) is 551 Å². The maximum atomic E-state index is 15.2. The smallest absolute Gasteiger partial charge is 0.462 e. The standard InChI is InChI=1S/C95H179N2O21P/c1-7-13-19-25-31-37-38-44-50-56-62-68-86(104)114-80(66-60-54-48-42-35-29-23-17-11-5)73-88(106)117-94-89(96-84(102)72-79(65-59-53-47-41-34-28-22-16-10-4)113-85(103)67-61-55-49-43-36-30-24-18-12-6)81(69-76(74-98)92(94)118-119(109,110)111)112-75-82-91(107)93(116-87(105)71-78(100)64-58-52-46-40-33-27-21-15-9-3)90(95(108)115-82)97-83(101)70-77(99)63-57-51-45-39-32-26-20-14-8-2/h76-82,89-95,98-100,107-108H,7-75H2,1-6H3,(H,96,102)(H,97,101)(H2,109,110,111)/t76?,77-,78-,79-,80-,81-,82?,89?,90?,91-,92-,93-,94-,95-/m1/s1. The van der Waals surface area contributed by atoms with E-state index >= 15 is 4.79 Å². The molecule has 0 radical (unpaired) electrons. The number of rotatable bonds is 82. The van der Waals surface area contributed by atoms with E-state index in [9.17, 15) is 63.9 Å². The molecule has 1 aliphatic heterocycles. The van der Waals surface area contributed by atoms with Gasteiger partial charge in [0.25, 0.3) is 0 Å². The quantitative estimate of drug-likeness (QED) is 0.0118. The lowest BCUT2D eigenvalue weighted by Gasteiger charge is -2.47. The number of phosphoric ester groups is 1. The van der Waals surface area contributed by atoms with Crippen LogP contribution in [0.25, 0.3) is 0 Å². The van der Waals surface area contributed by atoms with Crippen molar-refractivity contribution in [2.75, 3.05) is 13.2 Å². The molecule has 0 aromatic rings. The number of hydrogen-bond acceptors (Lipinski definition) is 19. The molecule has 0 bridgehead atoms. The van der Waals surface area contributed by atoms with E-state index < -0.39 is 161 Å². The second-order valence-corrected chi connectivity index (χ2v) is 36.6. The van der Waals surface area contributed by atoms with Crippen molar-refractivity contribution in [1.29, 1.82) is 0 Å². The summed E-state index contributed by atoms with van der Waals surface area (Å²) >= 11 is 0. The summed E-state index contributed by atoms with van der Waals surface area (Å²) in [6, 6.07) is -3.21. The number of nitrogens with one attached hydrogen (secondary N) is 2. The molecule has 0 aromatic heterocycles. The minimum absolute atomic E-state index is 0.127. The molecule has 4 unspecified atom stereocenters. The molecule has 23 nitrogen and oxygen atoms in total. The Kier molecular flexibility index (Phi) is 70.3. The lowest BCUT2D eigenvalue weighted by atomic mass is 9.79. The number of carbonyl (C=O) groups is 6. The summed E-state index contributed by atoms with van der Waals surface area (Å²) in [5.74, 6) is -5.63. The number of unbranched alkanes of at least 4 members (excludes halogenated alkanes) is 50. The summed E-state index contributed by atoms with van der Waals surface area (Å²) in [6.45, 7) is 11.6. The normalized spacial score (nSPS) is 20.5. The average molecular weight is 1720 g/mol. The van der Waals surface area contributed by atoms with Gasteiger partial charge in [-0.1, -0.05) is 375 Å². The molecule has 14 atom stereocenters. The first-order valence-electron chi connectivity index (χ1n) is 49.3. The van der Waals surface area contributed by atoms with Crippen LogP contribution in [0.5, 0.6) is 0 Å². The van der Waals surface area contributed by atoms with E-state index in [1.807, 2.05) is 0 Å². The Bertz CT molecular complexity index is 2510. The Morgan fingerprint density at radius 1 is 0.378 bits per heavy atom. The average Bonchev–Trinajstić information content (AvgIpc) is 0.784. The number of ether oxygens (including phenoxy) is 6. The Morgan fingerprint density at radius 3 is 1.06 bits per heavy atom. The van der Waals surface area contributed by atoms with E-state index in [0.29, 0.717) is 64.2 Å². The fourth-order valence-corrected chi connectivity index (χ4v) is 17.5. The van der Waals surface area contributed by atoms with Crippen LogP contribution in [-0.4, -0.2) is 164 Å². The summed E-state index contributed by atoms with van der Waals surface area (Å²) in [5.41, 5.74) is 0. The molecule has 1 aliphatic carbocycles. The summed E-state index contributed by atoms with van der Waals surface area (Å²) < 4.78 is 56.1. The number of esters is 4. The van der Waals surface area contributed by atoms with Gasteiger partial charge in [0.2, 0.25) is 11.8 Å². The van der Waals surface area contributed by atoms with Crippen molar-refractivity contribution in [2.24, 2.45) is 5.92 Å². The monoisotopic (exact) mass is 1720 g/mol. The van der Waals surface area contributed by atoms with Gasteiger partial charge in [-0.05, 0) is 57.8 Å². The van der Waals surface area contributed by atoms with Gasteiger partial charge >= 0.3 is 31.7 Å². The van der Waals surface area contributed by atoms with Crippen LogP contribution in [0.2, 0.25) is 0 Å². The van der Waals surface area contributed by atoms with Crippen LogP contribution < -0.4 is 10.6 Å². The lowest BCUT2D eigenvalue weighted by Crippen LogP contribution is -2.66. The van der Waals surface area contributed by atoms with Crippen LogP contribution in [0.3, 0.4) is 0 Å². The molecule has 0 aromatic carbocycles. The zero-order chi connectivity index (χ0) is 87.2. The van der Waals surface area contributed by atoms with Gasteiger partial charge in [0.1, 0.15) is 36.6 Å². The third kappa shape index (κ3) is 59.3. The Morgan fingerprint density at radius 2 is 0.689 bits per heavy atom. The number of aliphatic hydroxyl groups is 5. The second kappa shape index (κ2) is 74.9. The van der Waals surface area contributed by atoms with Gasteiger partial charge < -0.3 is 74.4 Å². The third-order valence-electron chi connectivity index (χ3n) is 24.2. The molecule has 9 N–H and O–H groups in total. The van der Waals surface area contributed by atoms with Crippen molar-refractivity contribution in [3.05, 3.63) is 0 Å². The number of hydrogen-bond donors (Lipinski definition) is 9. The van der Waals surface area contributed by atoms with Crippen molar-refractivity contribution < 1.29 is 102 Å². The topological polar surface area (TPSA) is 350 Å². The van der Waals surface area contributed by atoms with Gasteiger partial charge in [0.05, 0.1) is 56.6 Å². The maximum absolute atomic E-state index is 15.2. The Labute approximate surface area is 722 Å². The molecule has 2 rings (SSSR count). The first-order valence-corrected chi connectivity index (χ1v) is 50.9. The number of amides is 2. The third-order valence-corrected chi connectivity index (χ3v) is 24.7. The van der Waals surface area contributed by atoms with Gasteiger partial charge in [-0.15, -0.1) is 0 Å². The predicted molar refractivity (Wildman–Crippen MR) is 473 cm³/mol. The molecule has 2 fully saturated rings. The van der Waals surface area contributed by atoms with Gasteiger partial charge in [-0.25, -0.2) is 4.57 Å². The molecule has 700 valence electrons. The summed E-state index contributed by atoms with van der Waals surface area (Å²) in [6.07, 6.45) is 41.5. The van der Waals surface area contributed by atoms with Crippen LogP contribution in [-0.2, 0) is 66.3 Å². The minimum atomic E-state index is -5.54. The molecule has 2 aliphatic rings. The molecule has 1 saturated heterocycles. The van der Waals surface area contributed by atoms with Crippen molar-refractivity contribution in [3.8, 4) is 0 Å². The summed E-state index contributed by atoms with van der Waals surface area (Å²) in [5, 5.41) is 63.6. The van der Waals surface area contributed by atoms with Gasteiger partial charge in [0, 0.05) is 25.4 Å². The second-order valence-electron chi connectivity index (χ2n) is 35.4. The fraction of sp³-hybridized carbons (Fsp3) is 0.937. The van der Waals surface area contributed by atoms with Crippen molar-refractivity contribution >= 4 is 43.5 Å². The maximum Gasteiger partial charge on any atom is 0.469 e. The van der Waals surface area contributed by atoms with Crippen LogP contribution in [0.15, 0.2) is 0 Å². The van der Waals surface area contributed by atoms with Gasteiger partial charge in [-0.3, -0.25) is 33.3 Å². The van der Waals surface area contributed by atoms with E-state index in [1.54, 1.807) is 0 Å². The van der Waals surface area contributed by atoms with Crippen LogP contribution in [0.1, 0.15) is 472 Å². The fourth-order valence-electron chi connectivity index (χ4n) is 16.9. The number of carbonyl (C=O) groups excluding carboxylic acids is 6. The SMILES string of the molecule is CCCCCCCCCCCCCC(=O)O[C@H](CCCCCCCCCCC)CC(=O)O[C@@H]1C(NC(=O)C[C@@H](CCCCCCCCCCC)OC(=O)CCCCCCCCCCC)[C@H](OCC2O[C@@H](O)C(NC(=O)C[C@H](O)CCCCCCCCCCC)[C@@H](OC(=O)C[C@H](O)CCCCCCCCCCC)[C@@H]2O)CC(CO)[C@H]1OP(=O)(O)O. The minimum Gasteiger partial charge on any atom is -0.462 e. The van der Waals surface area contributed by atoms with Gasteiger partial charge in [0.15, 0.2) is 18.5 Å². The van der Waals surface area contributed by atoms with E-state index in [0.717, 1.165) is 186 Å². The highest BCUT2D eigenvalue weighted by Gasteiger charge is 2.53. The molecular weight excluding hydrogens is 1540 g/mol. The highest BCUT2D eigenvalue weighted by molar-refractivity contribution is 7.46. The van der Waals surface area contributed by atoms with E-state index in [1.165, 1.54) is 135 Å². The first-order chi connectivity index (χ1) is 57.6. The molecule has 0 spiro atoms. The van der Waals surface area contributed by atoms with E-state index in [2.05, 4.69) is 52.2 Å². The molecule has 2 amide bonds. The Balaban J connectivity index is 2.73. The van der Waals surface area contributed by atoms with Crippen LogP contribution in [0.4, 0.5) is 0 Å². The van der Waals surface area contributed by atoms with Crippen molar-refractivity contribution in [3.63, 3.8) is 0 Å². The molecule has 24 heteroatoms. The predicted octanol–water partition coefficient (Wildman–Crippen LogP) is 21.1. The van der Waals surface area contributed by atoms with E-state index in [-0.39, 0.29) is 25.7 Å². The zero-order valence-electron chi connectivity index (χ0n) is 76.2. The van der Waals surface area contributed by atoms with Gasteiger partial charge in [-0.2, -0.15) is 0 Å². The van der Waals surface area contributed by atoms with Crippen molar-refractivity contribution in [1.82, 2.24) is 10.6 Å². The summed E-state index contributed by atoms with van der Waals surface area (Å²) in [7, 11) is -5.54. The highest BCUT2D eigenvalue weighted by Crippen LogP contribution is 2.45. The van der Waals surface area contributed by atoms with Crippen LogP contribution >= 0.6 is 7.82 Å². The first kappa shape index (κ1) is 112. The molecular formula is C95H179N2O21P. The number of phosphoric acid groups is 1. The van der Waals surface area contributed by atoms with E-state index in [4.69, 9.17) is 32.9 Å². The Hall–Kier alpha value is -3.35.